The molecule has 4 rings (SSSR count). The molecule has 0 fully saturated rings. The number of nitrogens with one attached hydrogen (secondary N) is 1. The molecule has 3 amide bonds. The molecule has 2 heterocycles. The summed E-state index contributed by atoms with van der Waals surface area (Å²) in [5, 5.41) is 2.93. The summed E-state index contributed by atoms with van der Waals surface area (Å²) < 4.78 is 26.8. The van der Waals surface area contributed by atoms with E-state index < -0.39 is 29.4 Å². The number of carbonyl (C=O) groups excluding carboxylic acids is 3. The first-order valence-electron chi connectivity index (χ1n) is 9.06. The highest BCUT2D eigenvalue weighted by atomic mass is 32.1. The van der Waals surface area contributed by atoms with Crippen molar-refractivity contribution in [3.05, 3.63) is 81.9 Å². The Morgan fingerprint density at radius 1 is 1.07 bits per heavy atom. The number of thiazole rings is 1. The number of carbonyl (C=O) groups is 3. The lowest BCUT2D eigenvalue weighted by Gasteiger charge is -2.12. The Hall–Kier alpha value is -3.46. The highest BCUT2D eigenvalue weighted by Crippen LogP contribution is 2.24. The third-order valence-electron chi connectivity index (χ3n) is 4.62. The summed E-state index contributed by atoms with van der Waals surface area (Å²) >= 11 is 1.17. The van der Waals surface area contributed by atoms with Gasteiger partial charge in [0.05, 0.1) is 11.1 Å². The minimum absolute atomic E-state index is 0.0444. The van der Waals surface area contributed by atoms with Gasteiger partial charge in [0, 0.05) is 36.5 Å². The predicted molar refractivity (Wildman–Crippen MR) is 106 cm³/mol. The quantitative estimate of drug-likeness (QED) is 0.610. The van der Waals surface area contributed by atoms with Crippen molar-refractivity contribution in [2.45, 2.75) is 12.8 Å². The SMILES string of the molecule is O=C(CCN1C(=O)c2ccccc2C1=O)Nc1ncc(Cc2ccc(F)cc2F)s1. The van der Waals surface area contributed by atoms with Crippen molar-refractivity contribution in [2.75, 3.05) is 11.9 Å². The molecule has 6 nitrogen and oxygen atoms in total. The summed E-state index contributed by atoms with van der Waals surface area (Å²) in [5.74, 6) is -2.52. The maximum atomic E-state index is 13.8. The lowest BCUT2D eigenvalue weighted by atomic mass is 10.1. The van der Waals surface area contributed by atoms with Crippen LogP contribution in [0.5, 0.6) is 0 Å². The van der Waals surface area contributed by atoms with Crippen molar-refractivity contribution in [3.63, 3.8) is 0 Å². The van der Waals surface area contributed by atoms with E-state index in [2.05, 4.69) is 10.3 Å². The summed E-state index contributed by atoms with van der Waals surface area (Å²) in [7, 11) is 0. The normalized spacial score (nSPS) is 12.9. The molecule has 30 heavy (non-hydrogen) atoms. The van der Waals surface area contributed by atoms with Gasteiger partial charge in [-0.15, -0.1) is 11.3 Å². The zero-order valence-electron chi connectivity index (χ0n) is 15.5. The molecule has 0 unspecified atom stereocenters. The van der Waals surface area contributed by atoms with Crippen molar-refractivity contribution in [3.8, 4) is 0 Å². The molecule has 9 heteroatoms. The molecule has 0 bridgehead atoms. The number of hydrogen-bond donors (Lipinski definition) is 1. The van der Waals surface area contributed by atoms with Crippen LogP contribution in [0.2, 0.25) is 0 Å². The van der Waals surface area contributed by atoms with E-state index >= 15 is 0 Å². The number of amides is 3. The Balaban J connectivity index is 1.33. The number of aromatic nitrogens is 1. The molecular formula is C21H15F2N3O3S. The van der Waals surface area contributed by atoms with Crippen LogP contribution in [0, 0.1) is 11.6 Å². The van der Waals surface area contributed by atoms with Crippen LogP contribution in [-0.2, 0) is 11.2 Å². The van der Waals surface area contributed by atoms with Crippen LogP contribution in [0.1, 0.15) is 37.6 Å². The molecule has 2 aromatic carbocycles. The minimum Gasteiger partial charge on any atom is -0.302 e. The average molecular weight is 427 g/mol. The van der Waals surface area contributed by atoms with Gasteiger partial charge in [0.25, 0.3) is 11.8 Å². The molecule has 0 spiro atoms. The third-order valence-corrected chi connectivity index (χ3v) is 5.53. The van der Waals surface area contributed by atoms with Crippen LogP contribution in [-0.4, -0.2) is 34.2 Å². The van der Waals surface area contributed by atoms with Crippen LogP contribution in [0.15, 0.2) is 48.7 Å². The molecule has 152 valence electrons. The first-order chi connectivity index (χ1) is 14.4. The summed E-state index contributed by atoms with van der Waals surface area (Å²) in [5.41, 5.74) is 0.990. The van der Waals surface area contributed by atoms with Crippen LogP contribution in [0.3, 0.4) is 0 Å². The van der Waals surface area contributed by atoms with Crippen LogP contribution < -0.4 is 5.32 Å². The van der Waals surface area contributed by atoms with Crippen LogP contribution in [0.4, 0.5) is 13.9 Å². The fraction of sp³-hybridized carbons (Fsp3) is 0.143. The summed E-state index contributed by atoms with van der Waals surface area (Å²) in [6, 6.07) is 9.88. The molecule has 1 aliphatic heterocycles. The number of halogens is 2. The van der Waals surface area contributed by atoms with Crippen molar-refractivity contribution < 1.29 is 23.2 Å². The largest absolute Gasteiger partial charge is 0.302 e. The summed E-state index contributed by atoms with van der Waals surface area (Å²) in [6.07, 6.45) is 1.65. The van der Waals surface area contributed by atoms with Gasteiger partial charge in [0.2, 0.25) is 5.91 Å². The topological polar surface area (TPSA) is 79.4 Å². The van der Waals surface area contributed by atoms with Crippen molar-refractivity contribution in [1.82, 2.24) is 9.88 Å². The Labute approximate surface area is 174 Å². The predicted octanol–water partition coefficient (Wildman–Crippen LogP) is 3.64. The number of hydrogen-bond acceptors (Lipinski definition) is 5. The van der Waals surface area contributed by atoms with Gasteiger partial charge in [0.1, 0.15) is 11.6 Å². The van der Waals surface area contributed by atoms with E-state index in [0.29, 0.717) is 26.7 Å². The zero-order valence-corrected chi connectivity index (χ0v) is 16.3. The molecule has 1 aliphatic rings. The summed E-state index contributed by atoms with van der Waals surface area (Å²) in [4.78, 5) is 42.7. The van der Waals surface area contributed by atoms with Gasteiger partial charge in [0.15, 0.2) is 5.13 Å². The molecule has 1 aromatic heterocycles. The van der Waals surface area contributed by atoms with E-state index in [-0.39, 0.29) is 19.4 Å². The molecule has 3 aromatic rings. The van der Waals surface area contributed by atoms with Crippen molar-refractivity contribution in [2.24, 2.45) is 0 Å². The van der Waals surface area contributed by atoms with E-state index in [4.69, 9.17) is 0 Å². The molecule has 0 radical (unpaired) electrons. The van der Waals surface area contributed by atoms with Gasteiger partial charge in [-0.3, -0.25) is 19.3 Å². The van der Waals surface area contributed by atoms with Crippen LogP contribution >= 0.6 is 11.3 Å². The van der Waals surface area contributed by atoms with Gasteiger partial charge >= 0.3 is 0 Å². The van der Waals surface area contributed by atoms with Gasteiger partial charge in [-0.1, -0.05) is 18.2 Å². The van der Waals surface area contributed by atoms with Gasteiger partial charge in [-0.2, -0.15) is 0 Å². The van der Waals surface area contributed by atoms with Gasteiger partial charge < -0.3 is 5.32 Å². The second-order valence-corrected chi connectivity index (χ2v) is 7.77. The zero-order chi connectivity index (χ0) is 21.3. The molecular weight excluding hydrogens is 412 g/mol. The Morgan fingerprint density at radius 3 is 2.43 bits per heavy atom. The standard InChI is InChI=1S/C21H15F2N3O3S/c22-13-6-5-12(17(23)10-13)9-14-11-24-21(30-14)25-18(27)7-8-26-19(28)15-3-1-2-4-16(15)20(26)29/h1-6,10-11H,7-9H2,(H,24,25,27). The highest BCUT2D eigenvalue weighted by Gasteiger charge is 2.34. The summed E-state index contributed by atoms with van der Waals surface area (Å²) in [6.45, 7) is -0.0444. The van der Waals surface area contributed by atoms with Crippen molar-refractivity contribution >= 4 is 34.2 Å². The monoisotopic (exact) mass is 427 g/mol. The van der Waals surface area contributed by atoms with E-state index in [0.717, 1.165) is 11.0 Å². The number of anilines is 1. The Kier molecular flexibility index (Phi) is 5.37. The fourth-order valence-corrected chi connectivity index (χ4v) is 3.99. The first-order valence-corrected chi connectivity index (χ1v) is 9.88. The maximum Gasteiger partial charge on any atom is 0.261 e. The lowest BCUT2D eigenvalue weighted by Crippen LogP contribution is -2.32. The second kappa shape index (κ2) is 8.11. The van der Waals surface area contributed by atoms with E-state index in [9.17, 15) is 23.2 Å². The molecule has 0 atom stereocenters. The van der Waals surface area contributed by atoms with Gasteiger partial charge in [-0.25, -0.2) is 13.8 Å². The van der Waals surface area contributed by atoms with E-state index in [1.165, 1.54) is 29.7 Å². The minimum atomic E-state index is -0.647. The van der Waals surface area contributed by atoms with Gasteiger partial charge in [-0.05, 0) is 23.8 Å². The van der Waals surface area contributed by atoms with Crippen molar-refractivity contribution in [1.29, 1.82) is 0 Å². The molecule has 1 N–H and O–H groups in total. The molecule has 0 aliphatic carbocycles. The molecule has 0 saturated carbocycles. The molecule has 0 saturated heterocycles. The van der Waals surface area contributed by atoms with E-state index in [1.807, 2.05) is 0 Å². The fourth-order valence-electron chi connectivity index (χ4n) is 3.14. The third kappa shape index (κ3) is 3.97. The maximum absolute atomic E-state index is 13.8. The number of benzene rings is 2. The Bertz CT molecular complexity index is 1130. The van der Waals surface area contributed by atoms with E-state index in [1.54, 1.807) is 24.3 Å². The Morgan fingerprint density at radius 2 is 1.77 bits per heavy atom. The number of rotatable bonds is 6. The first kappa shape index (κ1) is 19.8. The average Bonchev–Trinajstić information content (AvgIpc) is 3.25. The smallest absolute Gasteiger partial charge is 0.261 e. The number of imide groups is 1. The highest BCUT2D eigenvalue weighted by molar-refractivity contribution is 7.15. The number of fused-ring (bicyclic) bond motifs is 1. The lowest BCUT2D eigenvalue weighted by molar-refractivity contribution is -0.116. The second-order valence-electron chi connectivity index (χ2n) is 6.65. The number of nitrogens with zero attached hydrogens (tertiary/aromatic N) is 2. The van der Waals surface area contributed by atoms with Crippen LogP contribution in [0.25, 0.3) is 0 Å².